The Hall–Kier alpha value is -3.28. The van der Waals surface area contributed by atoms with E-state index in [1.54, 1.807) is 29.2 Å². The third-order valence-corrected chi connectivity index (χ3v) is 4.44. The molecule has 130 valence electrons. The molecule has 0 unspecified atom stereocenters. The van der Waals surface area contributed by atoms with Crippen LogP contribution in [-0.4, -0.2) is 22.4 Å². The van der Waals surface area contributed by atoms with Crippen LogP contribution in [0.5, 0.6) is 0 Å². The SMILES string of the molecule is O=C(c1cc(NCc2ccccc2F)ncn1)N1CCc2ccccc21. The van der Waals surface area contributed by atoms with E-state index in [0.717, 1.165) is 17.7 Å². The van der Waals surface area contributed by atoms with Crippen molar-refractivity contribution in [3.63, 3.8) is 0 Å². The van der Waals surface area contributed by atoms with Gasteiger partial charge in [0, 0.05) is 30.4 Å². The molecule has 1 aliphatic rings. The average Bonchev–Trinajstić information content (AvgIpc) is 3.11. The van der Waals surface area contributed by atoms with Crippen molar-refractivity contribution in [1.29, 1.82) is 0 Å². The Morgan fingerprint density at radius 1 is 1.12 bits per heavy atom. The summed E-state index contributed by atoms with van der Waals surface area (Å²) in [4.78, 5) is 22.8. The first-order valence-corrected chi connectivity index (χ1v) is 8.41. The Morgan fingerprint density at radius 2 is 1.92 bits per heavy atom. The molecule has 2 heterocycles. The van der Waals surface area contributed by atoms with E-state index in [0.29, 0.717) is 23.6 Å². The topological polar surface area (TPSA) is 58.1 Å². The predicted octanol–water partition coefficient (Wildman–Crippen LogP) is 3.43. The highest BCUT2D eigenvalue weighted by Crippen LogP contribution is 2.28. The number of nitrogens with one attached hydrogen (secondary N) is 1. The van der Waals surface area contributed by atoms with Gasteiger partial charge in [-0.3, -0.25) is 4.79 Å². The molecule has 4 rings (SSSR count). The smallest absolute Gasteiger partial charge is 0.277 e. The summed E-state index contributed by atoms with van der Waals surface area (Å²) in [6, 6.07) is 16.0. The van der Waals surface area contributed by atoms with Crippen molar-refractivity contribution in [3.05, 3.63) is 83.6 Å². The molecule has 1 aromatic heterocycles. The number of hydrogen-bond donors (Lipinski definition) is 1. The highest BCUT2D eigenvalue weighted by molar-refractivity contribution is 6.06. The standard InChI is InChI=1S/C20H17FN4O/c21-16-7-3-1-6-15(16)12-22-19-11-17(23-13-24-19)20(26)25-10-9-14-5-2-4-8-18(14)25/h1-8,11,13H,9-10,12H2,(H,22,23,24). The van der Waals surface area contributed by atoms with E-state index in [1.165, 1.54) is 12.4 Å². The molecule has 26 heavy (non-hydrogen) atoms. The van der Waals surface area contributed by atoms with Crippen LogP contribution < -0.4 is 10.2 Å². The molecule has 0 saturated carbocycles. The fourth-order valence-corrected chi connectivity index (χ4v) is 3.09. The maximum atomic E-state index is 13.7. The van der Waals surface area contributed by atoms with Gasteiger partial charge in [-0.05, 0) is 24.1 Å². The van der Waals surface area contributed by atoms with E-state index in [9.17, 15) is 9.18 Å². The zero-order chi connectivity index (χ0) is 17.9. The van der Waals surface area contributed by atoms with Crippen LogP contribution in [0.2, 0.25) is 0 Å². The van der Waals surface area contributed by atoms with Crippen molar-refractivity contribution in [1.82, 2.24) is 9.97 Å². The van der Waals surface area contributed by atoms with Gasteiger partial charge >= 0.3 is 0 Å². The van der Waals surface area contributed by atoms with Gasteiger partial charge in [0.25, 0.3) is 5.91 Å². The summed E-state index contributed by atoms with van der Waals surface area (Å²) in [6.45, 7) is 0.921. The van der Waals surface area contributed by atoms with Crippen molar-refractivity contribution in [3.8, 4) is 0 Å². The van der Waals surface area contributed by atoms with Crippen LogP contribution in [0.3, 0.4) is 0 Å². The number of amides is 1. The summed E-state index contributed by atoms with van der Waals surface area (Å²) in [5, 5.41) is 3.04. The molecule has 3 aromatic rings. The zero-order valence-electron chi connectivity index (χ0n) is 14.0. The maximum absolute atomic E-state index is 13.7. The quantitative estimate of drug-likeness (QED) is 0.785. The molecule has 0 saturated heterocycles. The van der Waals surface area contributed by atoms with Crippen LogP contribution in [0, 0.1) is 5.82 Å². The second kappa shape index (κ2) is 6.92. The molecule has 0 atom stereocenters. The number of aromatic nitrogens is 2. The average molecular weight is 348 g/mol. The molecular formula is C20H17FN4O. The van der Waals surface area contributed by atoms with Crippen LogP contribution in [0.15, 0.2) is 60.9 Å². The van der Waals surface area contributed by atoms with Gasteiger partial charge in [0.15, 0.2) is 0 Å². The first-order valence-electron chi connectivity index (χ1n) is 8.41. The minimum Gasteiger partial charge on any atom is -0.366 e. The summed E-state index contributed by atoms with van der Waals surface area (Å²) in [5.74, 6) is 0.0457. The van der Waals surface area contributed by atoms with Gasteiger partial charge in [-0.15, -0.1) is 0 Å². The van der Waals surface area contributed by atoms with Gasteiger partial charge in [-0.25, -0.2) is 14.4 Å². The number of anilines is 2. The lowest BCUT2D eigenvalue weighted by Gasteiger charge is -2.17. The lowest BCUT2D eigenvalue weighted by Crippen LogP contribution is -2.29. The zero-order valence-corrected chi connectivity index (χ0v) is 14.0. The van der Waals surface area contributed by atoms with Gasteiger partial charge in [-0.1, -0.05) is 36.4 Å². The van der Waals surface area contributed by atoms with Crippen LogP contribution in [-0.2, 0) is 13.0 Å². The monoisotopic (exact) mass is 348 g/mol. The Bertz CT molecular complexity index is 960. The number of nitrogens with zero attached hydrogens (tertiary/aromatic N) is 3. The molecule has 0 radical (unpaired) electrons. The summed E-state index contributed by atoms with van der Waals surface area (Å²) >= 11 is 0. The fourth-order valence-electron chi connectivity index (χ4n) is 3.09. The lowest BCUT2D eigenvalue weighted by molar-refractivity contribution is 0.0984. The first-order chi connectivity index (χ1) is 12.7. The second-order valence-corrected chi connectivity index (χ2v) is 6.07. The third kappa shape index (κ3) is 3.13. The Labute approximate surface area is 150 Å². The third-order valence-electron chi connectivity index (χ3n) is 4.44. The van der Waals surface area contributed by atoms with E-state index in [1.807, 2.05) is 24.3 Å². The highest BCUT2D eigenvalue weighted by Gasteiger charge is 2.26. The Kier molecular flexibility index (Phi) is 4.31. The van der Waals surface area contributed by atoms with Gasteiger partial charge in [0.2, 0.25) is 0 Å². The van der Waals surface area contributed by atoms with Crippen LogP contribution >= 0.6 is 0 Å². The predicted molar refractivity (Wildman–Crippen MR) is 97.6 cm³/mol. The van der Waals surface area contributed by atoms with Crippen LogP contribution in [0.4, 0.5) is 15.9 Å². The molecule has 0 aliphatic carbocycles. The molecule has 2 aromatic carbocycles. The Balaban J connectivity index is 1.51. The highest BCUT2D eigenvalue weighted by atomic mass is 19.1. The van der Waals surface area contributed by atoms with Crippen LogP contribution in [0.1, 0.15) is 21.6 Å². The normalized spacial score (nSPS) is 12.7. The van der Waals surface area contributed by atoms with E-state index in [2.05, 4.69) is 15.3 Å². The fraction of sp³-hybridized carbons (Fsp3) is 0.150. The molecule has 5 nitrogen and oxygen atoms in total. The van der Waals surface area contributed by atoms with Crippen molar-refractivity contribution in [2.75, 3.05) is 16.8 Å². The van der Waals surface area contributed by atoms with Gasteiger partial charge < -0.3 is 10.2 Å². The number of para-hydroxylation sites is 1. The number of rotatable bonds is 4. The van der Waals surface area contributed by atoms with Gasteiger partial charge in [0.05, 0.1) is 0 Å². The number of hydrogen-bond acceptors (Lipinski definition) is 4. The summed E-state index contributed by atoms with van der Waals surface area (Å²) in [7, 11) is 0. The maximum Gasteiger partial charge on any atom is 0.277 e. The van der Waals surface area contributed by atoms with Gasteiger partial charge in [-0.2, -0.15) is 0 Å². The number of fused-ring (bicyclic) bond motifs is 1. The molecule has 0 fully saturated rings. The van der Waals surface area contributed by atoms with E-state index < -0.39 is 0 Å². The lowest BCUT2D eigenvalue weighted by atomic mass is 10.2. The largest absolute Gasteiger partial charge is 0.366 e. The number of carbonyl (C=O) groups excluding carboxylic acids is 1. The van der Waals surface area contributed by atoms with Crippen molar-refractivity contribution >= 4 is 17.4 Å². The first kappa shape index (κ1) is 16.2. The number of carbonyl (C=O) groups is 1. The van der Waals surface area contributed by atoms with E-state index in [4.69, 9.17) is 0 Å². The minimum absolute atomic E-state index is 0.161. The molecule has 0 bridgehead atoms. The Morgan fingerprint density at radius 3 is 2.81 bits per heavy atom. The number of benzene rings is 2. The second-order valence-electron chi connectivity index (χ2n) is 6.07. The van der Waals surface area contributed by atoms with Crippen molar-refractivity contribution in [2.24, 2.45) is 0 Å². The van der Waals surface area contributed by atoms with Crippen molar-refractivity contribution < 1.29 is 9.18 Å². The summed E-state index contributed by atoms with van der Waals surface area (Å²) in [5.41, 5.74) is 2.94. The summed E-state index contributed by atoms with van der Waals surface area (Å²) in [6.07, 6.45) is 2.18. The minimum atomic E-state index is -0.279. The summed E-state index contributed by atoms with van der Waals surface area (Å²) < 4.78 is 13.7. The molecular weight excluding hydrogens is 331 g/mol. The number of halogens is 1. The molecule has 1 N–H and O–H groups in total. The van der Waals surface area contributed by atoms with Crippen molar-refractivity contribution in [2.45, 2.75) is 13.0 Å². The molecule has 0 spiro atoms. The van der Waals surface area contributed by atoms with E-state index >= 15 is 0 Å². The van der Waals surface area contributed by atoms with Gasteiger partial charge in [0.1, 0.15) is 23.7 Å². The molecule has 6 heteroatoms. The molecule has 1 aliphatic heterocycles. The molecule has 1 amide bonds. The van der Waals surface area contributed by atoms with Crippen LogP contribution in [0.25, 0.3) is 0 Å². The van der Waals surface area contributed by atoms with E-state index in [-0.39, 0.29) is 18.3 Å².